The average molecular weight is 288 g/mol. The van der Waals surface area contributed by atoms with Crippen LogP contribution in [0, 0.1) is 0 Å². The normalized spacial score (nSPS) is 9.81. The van der Waals surface area contributed by atoms with Gasteiger partial charge >= 0.3 is 0 Å². The van der Waals surface area contributed by atoms with Crippen LogP contribution < -0.4 is 15.0 Å². The molecule has 0 bridgehead atoms. The summed E-state index contributed by atoms with van der Waals surface area (Å²) in [6, 6.07) is 5.65. The van der Waals surface area contributed by atoms with Gasteiger partial charge in [-0.1, -0.05) is 19.1 Å². The van der Waals surface area contributed by atoms with E-state index < -0.39 is 0 Å². The van der Waals surface area contributed by atoms with Crippen LogP contribution in [0.25, 0.3) is 0 Å². The number of anilines is 2. The quantitative estimate of drug-likeness (QED) is 0.706. The molecule has 0 aromatic heterocycles. The Labute approximate surface area is 127 Å². The van der Waals surface area contributed by atoms with E-state index in [0.29, 0.717) is 26.1 Å². The highest BCUT2D eigenvalue weighted by Crippen LogP contribution is 2.31. The standard InChI is InChI=1S/C17H24N2O2/c1-5-11-19(12-6-2)15-13-14(18-17(20)7-3)9-10-16(15)21-8-4/h5-6,9-10,13H,1-2,7-8,11-12H2,3-4H3,(H,18,20). The minimum atomic E-state index is -0.0101. The first-order valence-corrected chi connectivity index (χ1v) is 7.19. The first-order chi connectivity index (χ1) is 10.2. The Morgan fingerprint density at radius 3 is 2.48 bits per heavy atom. The lowest BCUT2D eigenvalue weighted by atomic mass is 10.2. The van der Waals surface area contributed by atoms with Crippen LogP contribution in [-0.2, 0) is 4.79 Å². The van der Waals surface area contributed by atoms with Crippen LogP contribution in [0.2, 0.25) is 0 Å². The summed E-state index contributed by atoms with van der Waals surface area (Å²) in [5.41, 5.74) is 1.68. The SMILES string of the molecule is C=CCN(CC=C)c1cc(NC(=O)CC)ccc1OCC. The minimum absolute atomic E-state index is 0.0101. The fraction of sp³-hybridized carbons (Fsp3) is 0.353. The van der Waals surface area contributed by atoms with E-state index in [1.165, 1.54) is 0 Å². The molecule has 114 valence electrons. The number of hydrogen-bond donors (Lipinski definition) is 1. The molecule has 1 rings (SSSR count). The summed E-state index contributed by atoms with van der Waals surface area (Å²) in [5.74, 6) is 0.778. The highest BCUT2D eigenvalue weighted by atomic mass is 16.5. The fourth-order valence-electron chi connectivity index (χ4n) is 1.95. The number of rotatable bonds is 9. The molecule has 1 aromatic carbocycles. The summed E-state index contributed by atoms with van der Waals surface area (Å²) in [4.78, 5) is 13.6. The molecular weight excluding hydrogens is 264 g/mol. The number of amides is 1. The van der Waals surface area contributed by atoms with Crippen molar-refractivity contribution in [2.24, 2.45) is 0 Å². The van der Waals surface area contributed by atoms with Crippen LogP contribution in [0.5, 0.6) is 5.75 Å². The molecule has 0 fully saturated rings. The summed E-state index contributed by atoms with van der Waals surface area (Å²) in [6.07, 6.45) is 4.11. The Hall–Kier alpha value is -2.23. The third-order valence-corrected chi connectivity index (χ3v) is 2.90. The van der Waals surface area contributed by atoms with Gasteiger partial charge in [0, 0.05) is 25.2 Å². The molecule has 4 nitrogen and oxygen atoms in total. The lowest BCUT2D eigenvalue weighted by molar-refractivity contribution is -0.115. The molecule has 1 aromatic rings. The Morgan fingerprint density at radius 1 is 1.29 bits per heavy atom. The molecule has 0 atom stereocenters. The number of ether oxygens (including phenoxy) is 1. The lowest BCUT2D eigenvalue weighted by Gasteiger charge is -2.25. The van der Waals surface area contributed by atoms with Crippen LogP contribution in [0.1, 0.15) is 20.3 Å². The third-order valence-electron chi connectivity index (χ3n) is 2.90. The summed E-state index contributed by atoms with van der Waals surface area (Å²) < 4.78 is 5.67. The predicted molar refractivity (Wildman–Crippen MR) is 89.1 cm³/mol. The second-order valence-corrected chi connectivity index (χ2v) is 4.50. The molecule has 4 heteroatoms. The van der Waals surface area contributed by atoms with Gasteiger partial charge in [0.15, 0.2) is 0 Å². The van der Waals surface area contributed by atoms with Gasteiger partial charge in [0.05, 0.1) is 12.3 Å². The Kier molecular flexibility index (Phi) is 7.09. The van der Waals surface area contributed by atoms with Crippen molar-refractivity contribution >= 4 is 17.3 Å². The van der Waals surface area contributed by atoms with Crippen molar-refractivity contribution in [3.63, 3.8) is 0 Å². The van der Waals surface area contributed by atoms with Crippen molar-refractivity contribution in [1.29, 1.82) is 0 Å². The summed E-state index contributed by atoms with van der Waals surface area (Å²) in [6.45, 7) is 13.3. The van der Waals surface area contributed by atoms with Crippen LogP contribution >= 0.6 is 0 Å². The van der Waals surface area contributed by atoms with Gasteiger partial charge < -0.3 is 15.0 Å². The summed E-state index contributed by atoms with van der Waals surface area (Å²) in [7, 11) is 0. The van der Waals surface area contributed by atoms with E-state index in [4.69, 9.17) is 4.74 Å². The molecule has 0 radical (unpaired) electrons. The van der Waals surface area contributed by atoms with Crippen molar-refractivity contribution in [3.05, 3.63) is 43.5 Å². The van der Waals surface area contributed by atoms with Crippen LogP contribution in [0.4, 0.5) is 11.4 Å². The molecule has 0 unspecified atom stereocenters. The van der Waals surface area contributed by atoms with Gasteiger partial charge in [-0.3, -0.25) is 4.79 Å². The second-order valence-electron chi connectivity index (χ2n) is 4.50. The van der Waals surface area contributed by atoms with Gasteiger partial charge in [0.25, 0.3) is 0 Å². The number of hydrogen-bond acceptors (Lipinski definition) is 3. The molecule has 1 amide bonds. The zero-order valence-corrected chi connectivity index (χ0v) is 12.9. The maximum Gasteiger partial charge on any atom is 0.224 e. The highest BCUT2D eigenvalue weighted by molar-refractivity contribution is 5.91. The fourth-order valence-corrected chi connectivity index (χ4v) is 1.95. The topological polar surface area (TPSA) is 41.6 Å². The second kappa shape index (κ2) is 8.84. The van der Waals surface area contributed by atoms with Crippen molar-refractivity contribution in [2.75, 3.05) is 29.9 Å². The zero-order valence-electron chi connectivity index (χ0n) is 12.9. The molecule has 0 spiro atoms. The van der Waals surface area contributed by atoms with Gasteiger partial charge in [-0.15, -0.1) is 13.2 Å². The average Bonchev–Trinajstić information content (AvgIpc) is 2.48. The van der Waals surface area contributed by atoms with Gasteiger partial charge in [0.2, 0.25) is 5.91 Å². The molecule has 0 saturated heterocycles. The third kappa shape index (κ3) is 4.99. The van der Waals surface area contributed by atoms with Crippen molar-refractivity contribution < 1.29 is 9.53 Å². The molecule has 0 aliphatic rings. The zero-order chi connectivity index (χ0) is 15.7. The maximum absolute atomic E-state index is 11.5. The summed E-state index contributed by atoms with van der Waals surface area (Å²) >= 11 is 0. The Morgan fingerprint density at radius 2 is 1.95 bits per heavy atom. The van der Waals surface area contributed by atoms with Crippen LogP contribution in [-0.4, -0.2) is 25.6 Å². The predicted octanol–water partition coefficient (Wildman–Crippen LogP) is 3.61. The highest BCUT2D eigenvalue weighted by Gasteiger charge is 2.12. The smallest absolute Gasteiger partial charge is 0.224 e. The number of carbonyl (C=O) groups is 1. The maximum atomic E-state index is 11.5. The Bertz CT molecular complexity index is 488. The Balaban J connectivity index is 3.14. The van der Waals surface area contributed by atoms with Gasteiger partial charge in [-0.2, -0.15) is 0 Å². The van der Waals surface area contributed by atoms with E-state index >= 15 is 0 Å². The van der Waals surface area contributed by atoms with E-state index in [2.05, 4.69) is 23.4 Å². The van der Waals surface area contributed by atoms with Gasteiger partial charge in [-0.05, 0) is 25.1 Å². The lowest BCUT2D eigenvalue weighted by Crippen LogP contribution is -2.24. The monoisotopic (exact) mass is 288 g/mol. The van der Waals surface area contributed by atoms with Crippen LogP contribution in [0.3, 0.4) is 0 Å². The van der Waals surface area contributed by atoms with E-state index in [1.54, 1.807) is 0 Å². The van der Waals surface area contributed by atoms with E-state index in [-0.39, 0.29) is 5.91 Å². The molecular formula is C17H24N2O2. The first kappa shape index (κ1) is 16.8. The minimum Gasteiger partial charge on any atom is -0.492 e. The van der Waals surface area contributed by atoms with E-state index in [9.17, 15) is 4.79 Å². The molecule has 0 aliphatic carbocycles. The van der Waals surface area contributed by atoms with E-state index in [1.807, 2.05) is 44.2 Å². The number of nitrogens with one attached hydrogen (secondary N) is 1. The largest absolute Gasteiger partial charge is 0.492 e. The molecule has 1 N–H and O–H groups in total. The molecule has 21 heavy (non-hydrogen) atoms. The molecule has 0 heterocycles. The number of carbonyl (C=O) groups excluding carboxylic acids is 1. The summed E-state index contributed by atoms with van der Waals surface area (Å²) in [5, 5.41) is 2.87. The van der Waals surface area contributed by atoms with Crippen molar-refractivity contribution in [3.8, 4) is 5.75 Å². The number of nitrogens with zero attached hydrogens (tertiary/aromatic N) is 1. The van der Waals surface area contributed by atoms with Gasteiger partial charge in [-0.25, -0.2) is 0 Å². The molecule has 0 aliphatic heterocycles. The van der Waals surface area contributed by atoms with E-state index in [0.717, 1.165) is 17.1 Å². The first-order valence-electron chi connectivity index (χ1n) is 7.19. The molecule has 0 saturated carbocycles. The van der Waals surface area contributed by atoms with Crippen LogP contribution in [0.15, 0.2) is 43.5 Å². The van der Waals surface area contributed by atoms with Crippen molar-refractivity contribution in [2.45, 2.75) is 20.3 Å². The van der Waals surface area contributed by atoms with Crippen molar-refractivity contribution in [1.82, 2.24) is 0 Å². The van der Waals surface area contributed by atoms with Gasteiger partial charge in [0.1, 0.15) is 5.75 Å². The number of benzene rings is 1.